The van der Waals surface area contributed by atoms with E-state index in [4.69, 9.17) is 4.74 Å². The van der Waals surface area contributed by atoms with Gasteiger partial charge in [-0.2, -0.15) is 0 Å². The monoisotopic (exact) mass is 320 g/mol. The molecule has 7 nitrogen and oxygen atoms in total. The highest BCUT2D eigenvalue weighted by atomic mass is 16.5. The highest BCUT2D eigenvalue weighted by Gasteiger charge is 2.35. The summed E-state index contributed by atoms with van der Waals surface area (Å²) in [5.41, 5.74) is -0.750. The van der Waals surface area contributed by atoms with Gasteiger partial charge in [-0.25, -0.2) is 4.79 Å². The van der Waals surface area contributed by atoms with Gasteiger partial charge in [-0.15, -0.1) is 0 Å². The molecule has 7 heteroatoms. The summed E-state index contributed by atoms with van der Waals surface area (Å²) in [7, 11) is 1.36. The third kappa shape index (κ3) is 4.29. The van der Waals surface area contributed by atoms with Crippen LogP contribution in [-0.4, -0.2) is 42.1 Å². The molecule has 2 amide bonds. The molecule has 0 radical (unpaired) electrons. The Kier molecular flexibility index (Phi) is 5.00. The van der Waals surface area contributed by atoms with Crippen LogP contribution in [0.15, 0.2) is 24.3 Å². The van der Waals surface area contributed by atoms with Gasteiger partial charge in [0.25, 0.3) is 5.91 Å². The molecule has 0 saturated heterocycles. The number of nitrogens with one attached hydrogen (secondary N) is 2. The minimum absolute atomic E-state index is 0.0580. The number of carbonyl (C=O) groups excluding carboxylic acids is 2. The first-order valence-corrected chi connectivity index (χ1v) is 7.31. The number of carboxylic acids is 1. The number of anilines is 1. The lowest BCUT2D eigenvalue weighted by Crippen LogP contribution is -2.55. The number of hydrogen-bond donors (Lipinski definition) is 3. The van der Waals surface area contributed by atoms with Crippen LogP contribution < -0.4 is 10.6 Å². The molecule has 0 aliphatic heterocycles. The van der Waals surface area contributed by atoms with E-state index in [1.165, 1.54) is 20.1 Å². The predicted molar refractivity (Wildman–Crippen MR) is 83.2 cm³/mol. The summed E-state index contributed by atoms with van der Waals surface area (Å²) in [6.45, 7) is 1.21. The van der Waals surface area contributed by atoms with Gasteiger partial charge in [-0.1, -0.05) is 6.07 Å². The van der Waals surface area contributed by atoms with Gasteiger partial charge < -0.3 is 20.5 Å². The Hall–Kier alpha value is -2.41. The molecule has 1 aromatic carbocycles. The van der Waals surface area contributed by atoms with Crippen LogP contribution in [0.1, 0.15) is 30.1 Å². The molecule has 0 aromatic heterocycles. The lowest BCUT2D eigenvalue weighted by atomic mass is 10.0. The second kappa shape index (κ2) is 6.78. The average Bonchev–Trinajstić information content (AvgIpc) is 3.32. The fourth-order valence-corrected chi connectivity index (χ4v) is 2.09. The molecule has 1 saturated carbocycles. The minimum Gasteiger partial charge on any atom is -0.479 e. The SMILES string of the molecule is COCC(C)(NC(=O)c1cccc(NC(=O)C2CC2)c1)C(=O)O. The second-order valence-electron chi connectivity index (χ2n) is 5.87. The molecule has 1 atom stereocenters. The Morgan fingerprint density at radius 3 is 2.61 bits per heavy atom. The molecule has 0 spiro atoms. The predicted octanol–water partition coefficient (Wildman–Crippen LogP) is 1.25. The van der Waals surface area contributed by atoms with Crippen LogP contribution in [0.2, 0.25) is 0 Å². The van der Waals surface area contributed by atoms with Gasteiger partial charge in [0.2, 0.25) is 5.91 Å². The zero-order chi connectivity index (χ0) is 17.0. The van der Waals surface area contributed by atoms with Crippen LogP contribution in [0.25, 0.3) is 0 Å². The molecule has 1 aliphatic carbocycles. The van der Waals surface area contributed by atoms with Gasteiger partial charge in [-0.3, -0.25) is 9.59 Å². The summed E-state index contributed by atoms with van der Waals surface area (Å²) in [5, 5.41) is 14.4. The summed E-state index contributed by atoms with van der Waals surface area (Å²) in [5.74, 6) is -1.73. The van der Waals surface area contributed by atoms with E-state index in [1.54, 1.807) is 18.2 Å². The summed E-state index contributed by atoms with van der Waals surface area (Å²) in [4.78, 5) is 35.4. The van der Waals surface area contributed by atoms with Crippen molar-refractivity contribution in [2.75, 3.05) is 19.0 Å². The second-order valence-corrected chi connectivity index (χ2v) is 5.87. The molecule has 0 bridgehead atoms. The van der Waals surface area contributed by atoms with Crippen LogP contribution in [0.4, 0.5) is 5.69 Å². The van der Waals surface area contributed by atoms with E-state index in [-0.39, 0.29) is 24.0 Å². The van der Waals surface area contributed by atoms with E-state index in [9.17, 15) is 19.5 Å². The number of hydrogen-bond acceptors (Lipinski definition) is 4. The molecule has 23 heavy (non-hydrogen) atoms. The van der Waals surface area contributed by atoms with Gasteiger partial charge in [0.1, 0.15) is 0 Å². The standard InChI is InChI=1S/C16H20N2O5/c1-16(9-23-2,15(21)22)18-14(20)11-4-3-5-12(8-11)17-13(19)10-6-7-10/h3-5,8,10H,6-7,9H2,1-2H3,(H,17,19)(H,18,20)(H,21,22). The van der Waals surface area contributed by atoms with Crippen molar-refractivity contribution in [3.63, 3.8) is 0 Å². The third-order valence-corrected chi connectivity index (χ3v) is 3.63. The van der Waals surface area contributed by atoms with Crippen LogP contribution in [0, 0.1) is 5.92 Å². The van der Waals surface area contributed by atoms with Crippen molar-refractivity contribution >= 4 is 23.5 Å². The first kappa shape index (κ1) is 17.0. The molecule has 1 unspecified atom stereocenters. The Morgan fingerprint density at radius 2 is 2.04 bits per heavy atom. The Bertz CT molecular complexity index is 627. The number of carboxylic acid groups (broad SMARTS) is 1. The van der Waals surface area contributed by atoms with E-state index < -0.39 is 17.4 Å². The molecule has 2 rings (SSSR count). The van der Waals surface area contributed by atoms with Crippen LogP contribution in [0.3, 0.4) is 0 Å². The van der Waals surface area contributed by atoms with E-state index in [2.05, 4.69) is 10.6 Å². The maximum atomic E-state index is 12.3. The molecule has 1 fully saturated rings. The smallest absolute Gasteiger partial charge is 0.331 e. The number of benzene rings is 1. The number of methoxy groups -OCH3 is 1. The highest BCUT2D eigenvalue weighted by Crippen LogP contribution is 2.30. The normalized spacial score (nSPS) is 16.3. The Labute approximate surface area is 134 Å². The van der Waals surface area contributed by atoms with E-state index >= 15 is 0 Å². The van der Waals surface area contributed by atoms with Crippen molar-refractivity contribution in [3.05, 3.63) is 29.8 Å². The summed E-state index contributed by atoms with van der Waals surface area (Å²) >= 11 is 0. The average molecular weight is 320 g/mol. The van der Waals surface area contributed by atoms with E-state index in [1.807, 2.05) is 0 Å². The van der Waals surface area contributed by atoms with Gasteiger partial charge in [-0.05, 0) is 38.0 Å². The van der Waals surface area contributed by atoms with Gasteiger partial charge in [0.05, 0.1) is 6.61 Å². The number of carbonyl (C=O) groups is 3. The molecular weight excluding hydrogens is 300 g/mol. The highest BCUT2D eigenvalue weighted by molar-refractivity contribution is 6.00. The zero-order valence-corrected chi connectivity index (χ0v) is 13.1. The molecule has 3 N–H and O–H groups in total. The topological polar surface area (TPSA) is 105 Å². The Morgan fingerprint density at radius 1 is 1.35 bits per heavy atom. The Balaban J connectivity index is 2.09. The molecule has 1 aromatic rings. The molecule has 1 aliphatic rings. The van der Waals surface area contributed by atoms with Crippen molar-refractivity contribution in [2.45, 2.75) is 25.3 Å². The fourth-order valence-electron chi connectivity index (χ4n) is 2.09. The van der Waals surface area contributed by atoms with Gasteiger partial charge in [0.15, 0.2) is 5.54 Å². The van der Waals surface area contributed by atoms with Gasteiger partial charge >= 0.3 is 5.97 Å². The quantitative estimate of drug-likeness (QED) is 0.701. The molecule has 0 heterocycles. The van der Waals surface area contributed by atoms with Crippen molar-refractivity contribution in [3.8, 4) is 0 Å². The van der Waals surface area contributed by atoms with Gasteiger partial charge in [0, 0.05) is 24.3 Å². The number of rotatable bonds is 7. The number of aliphatic carboxylic acids is 1. The molecular formula is C16H20N2O5. The van der Waals surface area contributed by atoms with Crippen molar-refractivity contribution in [1.29, 1.82) is 0 Å². The first-order valence-electron chi connectivity index (χ1n) is 7.31. The minimum atomic E-state index is -1.53. The maximum Gasteiger partial charge on any atom is 0.331 e. The van der Waals surface area contributed by atoms with E-state index in [0.29, 0.717) is 5.69 Å². The summed E-state index contributed by atoms with van der Waals surface area (Å²) in [6.07, 6.45) is 1.78. The van der Waals surface area contributed by atoms with Crippen molar-refractivity contribution < 1.29 is 24.2 Å². The lowest BCUT2D eigenvalue weighted by molar-refractivity contribution is -0.145. The fraction of sp³-hybridized carbons (Fsp3) is 0.438. The molecule has 124 valence electrons. The first-order chi connectivity index (χ1) is 10.9. The van der Waals surface area contributed by atoms with Crippen molar-refractivity contribution in [1.82, 2.24) is 5.32 Å². The summed E-state index contributed by atoms with van der Waals surface area (Å²) in [6, 6.07) is 6.39. The lowest BCUT2D eigenvalue weighted by Gasteiger charge is -2.25. The third-order valence-electron chi connectivity index (χ3n) is 3.63. The summed E-state index contributed by atoms with van der Waals surface area (Å²) < 4.78 is 4.86. The van der Waals surface area contributed by atoms with E-state index in [0.717, 1.165) is 12.8 Å². The van der Waals surface area contributed by atoms with Crippen molar-refractivity contribution in [2.24, 2.45) is 5.92 Å². The zero-order valence-electron chi connectivity index (χ0n) is 13.1. The van der Waals surface area contributed by atoms with Crippen LogP contribution >= 0.6 is 0 Å². The van der Waals surface area contributed by atoms with Crippen LogP contribution in [0.5, 0.6) is 0 Å². The maximum absolute atomic E-state index is 12.3. The largest absolute Gasteiger partial charge is 0.479 e. The van der Waals surface area contributed by atoms with Crippen LogP contribution in [-0.2, 0) is 14.3 Å². The number of amides is 2. The number of ether oxygens (including phenoxy) is 1.